The minimum Gasteiger partial charge on any atom is -0.452 e. The monoisotopic (exact) mass is 370 g/mol. The topological polar surface area (TPSA) is 75.7 Å². The number of ether oxygens (including phenoxy) is 1. The van der Waals surface area contributed by atoms with Crippen molar-refractivity contribution in [2.24, 2.45) is 0 Å². The van der Waals surface area contributed by atoms with Crippen LogP contribution in [0, 0.1) is 11.6 Å². The Bertz CT molecular complexity index is 914. The van der Waals surface area contributed by atoms with Crippen LogP contribution in [0.4, 0.5) is 14.5 Å². The van der Waals surface area contributed by atoms with Gasteiger partial charge in [0.25, 0.3) is 5.91 Å². The Kier molecular flexibility index (Phi) is 5.27. The molecule has 0 atom stereocenters. The van der Waals surface area contributed by atoms with Gasteiger partial charge in [0.15, 0.2) is 17.3 Å². The van der Waals surface area contributed by atoms with Crippen LogP contribution in [0.3, 0.4) is 0 Å². The summed E-state index contributed by atoms with van der Waals surface area (Å²) in [5, 5.41) is 0. The van der Waals surface area contributed by atoms with E-state index in [4.69, 9.17) is 4.74 Å². The minimum absolute atomic E-state index is 0.0153. The number of amides is 1. The second-order valence-corrected chi connectivity index (χ2v) is 7.21. The maximum Gasteiger partial charge on any atom is 0.253 e. The molecule has 0 aliphatic rings. The van der Waals surface area contributed by atoms with Gasteiger partial charge in [-0.3, -0.25) is 9.52 Å². The molecule has 134 valence electrons. The molecule has 0 heterocycles. The number of sulfonamides is 1. The SMILES string of the molecule is CN(C)C(=O)c1ccc(NS(C)(=O)=O)c(Oc2ccc(F)cc2F)c1. The van der Waals surface area contributed by atoms with Crippen LogP contribution in [-0.4, -0.2) is 39.6 Å². The Balaban J connectivity index is 2.49. The second-order valence-electron chi connectivity index (χ2n) is 5.46. The number of halogens is 2. The highest BCUT2D eigenvalue weighted by atomic mass is 32.2. The van der Waals surface area contributed by atoms with Crippen molar-refractivity contribution in [1.29, 1.82) is 0 Å². The van der Waals surface area contributed by atoms with Gasteiger partial charge in [-0.25, -0.2) is 17.2 Å². The van der Waals surface area contributed by atoms with E-state index in [9.17, 15) is 22.0 Å². The number of carbonyl (C=O) groups excluding carboxylic acids is 1. The van der Waals surface area contributed by atoms with E-state index in [2.05, 4.69) is 4.72 Å². The quantitative estimate of drug-likeness (QED) is 0.878. The zero-order valence-corrected chi connectivity index (χ0v) is 14.5. The summed E-state index contributed by atoms with van der Waals surface area (Å²) in [6.45, 7) is 0. The summed E-state index contributed by atoms with van der Waals surface area (Å²) in [7, 11) is -0.544. The van der Waals surface area contributed by atoms with Crippen LogP contribution in [0.1, 0.15) is 10.4 Å². The fraction of sp³-hybridized carbons (Fsp3) is 0.188. The molecule has 0 spiro atoms. The number of hydrogen-bond donors (Lipinski definition) is 1. The molecule has 1 amide bonds. The minimum atomic E-state index is -3.64. The first kappa shape index (κ1) is 18.7. The lowest BCUT2D eigenvalue weighted by Gasteiger charge is -2.15. The van der Waals surface area contributed by atoms with Gasteiger partial charge in [0.2, 0.25) is 10.0 Å². The molecule has 2 aromatic rings. The average Bonchev–Trinajstić information content (AvgIpc) is 2.49. The molecule has 0 aliphatic carbocycles. The predicted octanol–water partition coefficient (Wildman–Crippen LogP) is 2.83. The molecule has 6 nitrogen and oxygen atoms in total. The summed E-state index contributed by atoms with van der Waals surface area (Å²) in [5.41, 5.74) is 0.225. The molecule has 0 aromatic heterocycles. The van der Waals surface area contributed by atoms with Gasteiger partial charge in [-0.2, -0.15) is 0 Å². The van der Waals surface area contributed by atoms with Crippen LogP contribution in [-0.2, 0) is 10.0 Å². The molecular formula is C16H16F2N2O4S. The Morgan fingerprint density at radius 1 is 1.08 bits per heavy atom. The molecular weight excluding hydrogens is 354 g/mol. The van der Waals surface area contributed by atoms with E-state index in [0.717, 1.165) is 18.4 Å². The third-order valence-corrected chi connectivity index (χ3v) is 3.63. The average molecular weight is 370 g/mol. The maximum absolute atomic E-state index is 13.8. The standard InChI is InChI=1S/C16H16F2N2O4S/c1-20(2)16(21)10-4-6-13(19-25(3,22)23)15(8-10)24-14-7-5-11(17)9-12(14)18/h4-9,19H,1-3H3. The van der Waals surface area contributed by atoms with Crippen molar-refractivity contribution in [3.63, 3.8) is 0 Å². The maximum atomic E-state index is 13.8. The van der Waals surface area contributed by atoms with Gasteiger partial charge < -0.3 is 9.64 Å². The van der Waals surface area contributed by atoms with Crippen LogP contribution in [0.2, 0.25) is 0 Å². The van der Waals surface area contributed by atoms with E-state index < -0.39 is 21.7 Å². The zero-order valence-electron chi connectivity index (χ0n) is 13.7. The normalized spacial score (nSPS) is 11.1. The third kappa shape index (κ3) is 4.90. The molecule has 9 heteroatoms. The van der Waals surface area contributed by atoms with Crippen molar-refractivity contribution in [3.05, 3.63) is 53.6 Å². The van der Waals surface area contributed by atoms with Crippen LogP contribution >= 0.6 is 0 Å². The summed E-state index contributed by atoms with van der Waals surface area (Å²) in [6.07, 6.45) is 0.939. The Morgan fingerprint density at radius 3 is 2.32 bits per heavy atom. The van der Waals surface area contributed by atoms with Gasteiger partial charge in [-0.1, -0.05) is 0 Å². The number of benzene rings is 2. The summed E-state index contributed by atoms with van der Waals surface area (Å²) in [5.74, 6) is -2.50. The predicted molar refractivity (Wildman–Crippen MR) is 89.4 cm³/mol. The highest BCUT2D eigenvalue weighted by Gasteiger charge is 2.16. The summed E-state index contributed by atoms with van der Waals surface area (Å²) in [6, 6.07) is 6.71. The van der Waals surface area contributed by atoms with Gasteiger partial charge in [-0.05, 0) is 30.3 Å². The zero-order chi connectivity index (χ0) is 18.8. The van der Waals surface area contributed by atoms with Crippen LogP contribution < -0.4 is 9.46 Å². The smallest absolute Gasteiger partial charge is 0.253 e. The molecule has 25 heavy (non-hydrogen) atoms. The summed E-state index contributed by atoms with van der Waals surface area (Å²) in [4.78, 5) is 13.4. The molecule has 1 N–H and O–H groups in total. The Morgan fingerprint density at radius 2 is 1.76 bits per heavy atom. The van der Waals surface area contributed by atoms with Crippen molar-refractivity contribution in [1.82, 2.24) is 4.90 Å². The van der Waals surface area contributed by atoms with E-state index >= 15 is 0 Å². The first-order valence-electron chi connectivity index (χ1n) is 7.03. The van der Waals surface area contributed by atoms with Gasteiger partial charge in [0.1, 0.15) is 5.82 Å². The van der Waals surface area contributed by atoms with Crippen LogP contribution in [0.5, 0.6) is 11.5 Å². The molecule has 0 bridgehead atoms. The highest BCUT2D eigenvalue weighted by molar-refractivity contribution is 7.92. The Labute approximate surface area is 144 Å². The second kappa shape index (κ2) is 7.06. The molecule has 2 rings (SSSR count). The first-order valence-corrected chi connectivity index (χ1v) is 8.92. The van der Waals surface area contributed by atoms with Crippen molar-refractivity contribution in [2.45, 2.75) is 0 Å². The van der Waals surface area contributed by atoms with Crippen molar-refractivity contribution in [3.8, 4) is 11.5 Å². The third-order valence-electron chi connectivity index (χ3n) is 3.04. The highest BCUT2D eigenvalue weighted by Crippen LogP contribution is 2.33. The lowest BCUT2D eigenvalue weighted by molar-refractivity contribution is 0.0827. The van der Waals surface area contributed by atoms with Gasteiger partial charge in [-0.15, -0.1) is 0 Å². The molecule has 2 aromatic carbocycles. The van der Waals surface area contributed by atoms with Gasteiger partial charge >= 0.3 is 0 Å². The molecule has 0 unspecified atom stereocenters. The van der Waals surface area contributed by atoms with E-state index in [-0.39, 0.29) is 28.7 Å². The van der Waals surface area contributed by atoms with E-state index in [1.807, 2.05) is 0 Å². The van der Waals surface area contributed by atoms with Gasteiger partial charge in [0, 0.05) is 25.7 Å². The fourth-order valence-corrected chi connectivity index (χ4v) is 2.53. The number of carbonyl (C=O) groups is 1. The summed E-state index contributed by atoms with van der Waals surface area (Å²) >= 11 is 0. The molecule has 0 aliphatic heterocycles. The number of anilines is 1. The van der Waals surface area contributed by atoms with Crippen molar-refractivity contribution in [2.75, 3.05) is 25.1 Å². The molecule has 0 fully saturated rings. The van der Waals surface area contributed by atoms with E-state index in [1.54, 1.807) is 14.1 Å². The molecule has 0 radical (unpaired) electrons. The van der Waals surface area contributed by atoms with Crippen molar-refractivity contribution < 1.29 is 26.7 Å². The molecule has 0 saturated heterocycles. The number of nitrogens with one attached hydrogen (secondary N) is 1. The van der Waals surface area contributed by atoms with Crippen LogP contribution in [0.25, 0.3) is 0 Å². The molecule has 0 saturated carbocycles. The summed E-state index contributed by atoms with van der Waals surface area (Å²) < 4.78 is 57.4. The number of nitrogens with zero attached hydrogens (tertiary/aromatic N) is 1. The van der Waals surface area contributed by atoms with Gasteiger partial charge in [0.05, 0.1) is 11.9 Å². The first-order chi connectivity index (χ1) is 11.6. The Hall–Kier alpha value is -2.68. The largest absolute Gasteiger partial charge is 0.452 e. The van der Waals surface area contributed by atoms with E-state index in [1.165, 1.54) is 23.1 Å². The number of rotatable bonds is 5. The lowest BCUT2D eigenvalue weighted by atomic mass is 10.1. The number of hydrogen-bond acceptors (Lipinski definition) is 4. The van der Waals surface area contributed by atoms with Crippen LogP contribution in [0.15, 0.2) is 36.4 Å². The van der Waals surface area contributed by atoms with Crippen molar-refractivity contribution >= 4 is 21.6 Å². The lowest BCUT2D eigenvalue weighted by Crippen LogP contribution is -2.21. The fourth-order valence-electron chi connectivity index (χ4n) is 1.96. The van der Waals surface area contributed by atoms with E-state index in [0.29, 0.717) is 6.07 Å².